The van der Waals surface area contributed by atoms with E-state index in [2.05, 4.69) is 37.4 Å². The zero-order chi connectivity index (χ0) is 20.2. The largest absolute Gasteiger partial charge is 0.411 e. The first kappa shape index (κ1) is 22.4. The molecule has 1 aromatic carbocycles. The number of nitrogens with zero attached hydrogens (tertiary/aromatic N) is 2. The van der Waals surface area contributed by atoms with Crippen LogP contribution in [0.4, 0.5) is 13.2 Å². The van der Waals surface area contributed by atoms with Gasteiger partial charge < -0.3 is 20.1 Å². The van der Waals surface area contributed by atoms with Crippen LogP contribution in [0.5, 0.6) is 0 Å². The van der Waals surface area contributed by atoms with Gasteiger partial charge in [-0.2, -0.15) is 13.2 Å². The Balaban J connectivity index is 1.72. The van der Waals surface area contributed by atoms with Gasteiger partial charge in [-0.15, -0.1) is 0 Å². The van der Waals surface area contributed by atoms with Crippen molar-refractivity contribution >= 4 is 5.96 Å². The van der Waals surface area contributed by atoms with Crippen molar-refractivity contribution in [2.75, 3.05) is 53.1 Å². The summed E-state index contributed by atoms with van der Waals surface area (Å²) in [5, 5.41) is 6.34. The molecule has 158 valence electrons. The molecule has 0 saturated carbocycles. The Kier molecular flexibility index (Phi) is 9.52. The predicted octanol–water partition coefficient (Wildman–Crippen LogP) is 2.15. The normalized spacial score (nSPS) is 16.2. The molecule has 0 atom stereocenters. The van der Waals surface area contributed by atoms with E-state index in [4.69, 9.17) is 4.74 Å². The summed E-state index contributed by atoms with van der Waals surface area (Å²) in [6.45, 7) is 4.21. The molecular weight excluding hydrogens is 373 g/mol. The van der Waals surface area contributed by atoms with Crippen LogP contribution in [-0.2, 0) is 22.6 Å². The summed E-state index contributed by atoms with van der Waals surface area (Å²) in [6, 6.07) is 8.25. The van der Waals surface area contributed by atoms with Crippen molar-refractivity contribution in [3.63, 3.8) is 0 Å². The Bertz CT molecular complexity index is 605. The Morgan fingerprint density at radius 2 is 1.89 bits per heavy atom. The van der Waals surface area contributed by atoms with Crippen molar-refractivity contribution in [3.05, 3.63) is 35.4 Å². The lowest BCUT2D eigenvalue weighted by Crippen LogP contribution is -2.38. The summed E-state index contributed by atoms with van der Waals surface area (Å²) in [6.07, 6.45) is -3.82. The van der Waals surface area contributed by atoms with Crippen molar-refractivity contribution in [2.24, 2.45) is 4.99 Å². The van der Waals surface area contributed by atoms with Gasteiger partial charge in [0.2, 0.25) is 0 Å². The van der Waals surface area contributed by atoms with Crippen LogP contribution in [-0.4, -0.2) is 70.1 Å². The van der Waals surface area contributed by atoms with Crippen molar-refractivity contribution in [1.82, 2.24) is 15.5 Å². The number of halogens is 3. The number of nitrogens with one attached hydrogen (secondary N) is 2. The predicted molar refractivity (Wildman–Crippen MR) is 102 cm³/mol. The van der Waals surface area contributed by atoms with Crippen molar-refractivity contribution < 1.29 is 22.6 Å². The summed E-state index contributed by atoms with van der Waals surface area (Å²) >= 11 is 0. The molecule has 0 aromatic heterocycles. The molecule has 28 heavy (non-hydrogen) atoms. The van der Waals surface area contributed by atoms with Crippen molar-refractivity contribution in [3.8, 4) is 0 Å². The first-order valence-corrected chi connectivity index (χ1v) is 9.44. The Morgan fingerprint density at radius 1 is 1.18 bits per heavy atom. The average molecular weight is 402 g/mol. The molecule has 2 N–H and O–H groups in total. The number of hydrogen-bond acceptors (Lipinski definition) is 4. The maximum atomic E-state index is 12.0. The minimum absolute atomic E-state index is 0.0475. The van der Waals surface area contributed by atoms with E-state index in [9.17, 15) is 13.2 Å². The van der Waals surface area contributed by atoms with Gasteiger partial charge in [0.15, 0.2) is 5.96 Å². The first-order chi connectivity index (χ1) is 13.5. The van der Waals surface area contributed by atoms with Gasteiger partial charge in [-0.1, -0.05) is 24.3 Å². The lowest BCUT2D eigenvalue weighted by atomic mass is 10.1. The molecule has 2 rings (SSSR count). The average Bonchev–Trinajstić information content (AvgIpc) is 2.68. The molecule has 0 unspecified atom stereocenters. The van der Waals surface area contributed by atoms with E-state index in [0.717, 1.165) is 32.8 Å². The van der Waals surface area contributed by atoms with Crippen molar-refractivity contribution in [1.29, 1.82) is 0 Å². The molecule has 1 aliphatic rings. The lowest BCUT2D eigenvalue weighted by Gasteiger charge is -2.27. The Morgan fingerprint density at radius 3 is 2.57 bits per heavy atom. The van der Waals surface area contributed by atoms with Gasteiger partial charge in [-0.05, 0) is 17.5 Å². The highest BCUT2D eigenvalue weighted by Crippen LogP contribution is 2.14. The first-order valence-electron chi connectivity index (χ1n) is 9.44. The SMILES string of the molecule is CN=C(NCCCOCC(F)(F)F)NCc1ccccc1CN1CCOCC1. The van der Waals surface area contributed by atoms with E-state index < -0.39 is 12.8 Å². The van der Waals surface area contributed by atoms with Gasteiger partial charge in [-0.3, -0.25) is 9.89 Å². The number of benzene rings is 1. The Hall–Kier alpha value is -1.84. The summed E-state index contributed by atoms with van der Waals surface area (Å²) in [5.74, 6) is 0.608. The summed E-state index contributed by atoms with van der Waals surface area (Å²) in [5.41, 5.74) is 2.44. The smallest absolute Gasteiger partial charge is 0.379 e. The fraction of sp³-hybridized carbons (Fsp3) is 0.632. The standard InChI is InChI=1S/C19H29F3N4O2/c1-23-18(24-7-4-10-28-15-19(20,21)22)25-13-16-5-2-3-6-17(16)14-26-8-11-27-12-9-26/h2-3,5-6H,4,7-15H2,1H3,(H2,23,24,25). The van der Waals surface area contributed by atoms with Gasteiger partial charge >= 0.3 is 6.18 Å². The fourth-order valence-corrected chi connectivity index (χ4v) is 2.85. The van der Waals surface area contributed by atoms with Crippen LogP contribution in [0.25, 0.3) is 0 Å². The highest BCUT2D eigenvalue weighted by molar-refractivity contribution is 5.79. The van der Waals surface area contributed by atoms with Crippen LogP contribution in [0.2, 0.25) is 0 Å². The van der Waals surface area contributed by atoms with Gasteiger partial charge in [0, 0.05) is 46.4 Å². The molecule has 0 amide bonds. The zero-order valence-electron chi connectivity index (χ0n) is 16.2. The molecule has 0 bridgehead atoms. The third kappa shape index (κ3) is 8.90. The van der Waals surface area contributed by atoms with Crippen molar-refractivity contribution in [2.45, 2.75) is 25.7 Å². The molecule has 1 saturated heterocycles. The minimum atomic E-state index is -4.28. The van der Waals surface area contributed by atoms with Crippen LogP contribution in [0.1, 0.15) is 17.5 Å². The second-order valence-corrected chi connectivity index (χ2v) is 6.53. The molecule has 0 spiro atoms. The molecule has 9 heteroatoms. The summed E-state index contributed by atoms with van der Waals surface area (Å²) in [7, 11) is 1.66. The second kappa shape index (κ2) is 11.9. The molecule has 0 radical (unpaired) electrons. The topological polar surface area (TPSA) is 58.1 Å². The van der Waals surface area contributed by atoms with E-state index >= 15 is 0 Å². The number of morpholine rings is 1. The maximum Gasteiger partial charge on any atom is 0.411 e. The number of ether oxygens (including phenoxy) is 2. The highest BCUT2D eigenvalue weighted by atomic mass is 19.4. The molecule has 1 fully saturated rings. The van der Waals surface area contributed by atoms with Gasteiger partial charge in [0.1, 0.15) is 6.61 Å². The van der Waals surface area contributed by atoms with E-state index in [1.165, 1.54) is 11.1 Å². The quantitative estimate of drug-likeness (QED) is 0.377. The van der Waals surface area contributed by atoms with Gasteiger partial charge in [0.05, 0.1) is 13.2 Å². The Labute approximate surface area is 164 Å². The molecule has 1 aliphatic heterocycles. The molecular formula is C19H29F3N4O2. The maximum absolute atomic E-state index is 12.0. The van der Waals surface area contributed by atoms with E-state index in [0.29, 0.717) is 25.5 Å². The number of rotatable bonds is 9. The van der Waals surface area contributed by atoms with E-state index in [1.54, 1.807) is 7.05 Å². The number of guanidine groups is 1. The third-order valence-corrected chi connectivity index (χ3v) is 4.31. The summed E-state index contributed by atoms with van der Waals surface area (Å²) in [4.78, 5) is 6.52. The molecule has 0 aliphatic carbocycles. The third-order valence-electron chi connectivity index (χ3n) is 4.31. The van der Waals surface area contributed by atoms with Gasteiger partial charge in [-0.25, -0.2) is 0 Å². The van der Waals surface area contributed by atoms with Crippen LogP contribution >= 0.6 is 0 Å². The molecule has 1 heterocycles. The molecule has 6 nitrogen and oxygen atoms in total. The number of aliphatic imine (C=N–C) groups is 1. The summed E-state index contributed by atoms with van der Waals surface area (Å²) < 4.78 is 46.0. The second-order valence-electron chi connectivity index (χ2n) is 6.53. The molecule has 1 aromatic rings. The van der Waals surface area contributed by atoms with E-state index in [1.807, 2.05) is 12.1 Å². The number of alkyl halides is 3. The fourth-order valence-electron chi connectivity index (χ4n) is 2.85. The number of hydrogen-bond donors (Lipinski definition) is 2. The van der Waals surface area contributed by atoms with Crippen LogP contribution in [0.15, 0.2) is 29.3 Å². The monoisotopic (exact) mass is 402 g/mol. The van der Waals surface area contributed by atoms with Crippen LogP contribution in [0.3, 0.4) is 0 Å². The zero-order valence-corrected chi connectivity index (χ0v) is 16.2. The highest BCUT2D eigenvalue weighted by Gasteiger charge is 2.27. The van der Waals surface area contributed by atoms with Crippen LogP contribution in [0, 0.1) is 0 Å². The van der Waals surface area contributed by atoms with Crippen LogP contribution < -0.4 is 10.6 Å². The minimum Gasteiger partial charge on any atom is -0.379 e. The van der Waals surface area contributed by atoms with Gasteiger partial charge in [0.25, 0.3) is 0 Å². The van der Waals surface area contributed by atoms with E-state index in [-0.39, 0.29) is 6.61 Å². The lowest BCUT2D eigenvalue weighted by molar-refractivity contribution is -0.173.